The number of thioether (sulfide) groups is 1. The topological polar surface area (TPSA) is 131 Å². The monoisotopic (exact) mass is 578 g/mol. The number of anilines is 1. The Morgan fingerprint density at radius 3 is 2.58 bits per heavy atom. The van der Waals surface area contributed by atoms with Crippen molar-refractivity contribution >= 4 is 45.8 Å². The number of hydrogen-bond donors (Lipinski definition) is 3. The van der Waals surface area contributed by atoms with Crippen LogP contribution in [0, 0.1) is 0 Å². The SMILES string of the molecule is CCn1c(CNC(=O)c2ccco2)nnc1SCC(=O)Nc1sc2c(c1C(=O)NCc1ccccc1)CCCC2. The number of amides is 3. The number of carbonyl (C=O) groups is 3. The third-order valence-corrected chi connectivity index (χ3v) is 8.72. The molecule has 10 nitrogen and oxygen atoms in total. The molecule has 0 fully saturated rings. The molecule has 0 radical (unpaired) electrons. The van der Waals surface area contributed by atoms with Crippen LogP contribution in [0.25, 0.3) is 0 Å². The van der Waals surface area contributed by atoms with Gasteiger partial charge in [-0.05, 0) is 55.9 Å². The Kier molecular flexibility index (Phi) is 8.97. The first-order valence-corrected chi connectivity index (χ1v) is 15.0. The molecular formula is C28H30N6O4S2. The van der Waals surface area contributed by atoms with E-state index in [1.54, 1.807) is 12.1 Å². The minimum absolute atomic E-state index is 0.102. The van der Waals surface area contributed by atoms with Gasteiger partial charge in [-0.1, -0.05) is 42.1 Å². The second-order valence-corrected chi connectivity index (χ2v) is 11.3. The third-order valence-electron chi connectivity index (χ3n) is 6.54. The normalized spacial score (nSPS) is 12.5. The van der Waals surface area contributed by atoms with Crippen LogP contribution in [-0.4, -0.2) is 38.2 Å². The van der Waals surface area contributed by atoms with Gasteiger partial charge in [0.1, 0.15) is 5.00 Å². The summed E-state index contributed by atoms with van der Waals surface area (Å²) in [5, 5.41) is 18.4. The maximum atomic E-state index is 13.3. The van der Waals surface area contributed by atoms with Crippen LogP contribution in [0.15, 0.2) is 58.3 Å². The number of furan rings is 1. The molecular weight excluding hydrogens is 548 g/mol. The first kappa shape index (κ1) is 27.7. The minimum Gasteiger partial charge on any atom is -0.459 e. The van der Waals surface area contributed by atoms with Crippen LogP contribution in [0.2, 0.25) is 0 Å². The zero-order chi connectivity index (χ0) is 27.9. The van der Waals surface area contributed by atoms with Gasteiger partial charge in [0, 0.05) is 18.0 Å². The molecule has 0 saturated carbocycles. The van der Waals surface area contributed by atoms with Gasteiger partial charge in [-0.15, -0.1) is 21.5 Å². The molecule has 3 heterocycles. The molecule has 0 saturated heterocycles. The quantitative estimate of drug-likeness (QED) is 0.225. The van der Waals surface area contributed by atoms with E-state index < -0.39 is 0 Å². The Morgan fingerprint density at radius 2 is 1.80 bits per heavy atom. The van der Waals surface area contributed by atoms with Crippen molar-refractivity contribution in [1.29, 1.82) is 0 Å². The Bertz CT molecular complexity index is 1480. The number of thiophene rings is 1. The molecule has 3 N–H and O–H groups in total. The molecule has 1 aliphatic rings. The van der Waals surface area contributed by atoms with E-state index >= 15 is 0 Å². The average Bonchev–Trinajstić information content (AvgIpc) is 3.72. The van der Waals surface area contributed by atoms with Gasteiger partial charge in [0.15, 0.2) is 16.7 Å². The van der Waals surface area contributed by atoms with Crippen molar-refractivity contribution in [2.45, 2.75) is 57.4 Å². The Morgan fingerprint density at radius 1 is 1.00 bits per heavy atom. The summed E-state index contributed by atoms with van der Waals surface area (Å²) >= 11 is 2.76. The van der Waals surface area contributed by atoms with Crippen LogP contribution in [0.4, 0.5) is 5.00 Å². The van der Waals surface area contributed by atoms with Crippen molar-refractivity contribution in [3.63, 3.8) is 0 Å². The van der Waals surface area contributed by atoms with Crippen molar-refractivity contribution in [3.05, 3.63) is 81.9 Å². The lowest BCUT2D eigenvalue weighted by Gasteiger charge is -2.13. The van der Waals surface area contributed by atoms with Crippen molar-refractivity contribution in [1.82, 2.24) is 25.4 Å². The van der Waals surface area contributed by atoms with Crippen molar-refractivity contribution in [2.24, 2.45) is 0 Å². The van der Waals surface area contributed by atoms with Crippen LogP contribution in [0.5, 0.6) is 0 Å². The Balaban J connectivity index is 1.22. The van der Waals surface area contributed by atoms with E-state index in [2.05, 4.69) is 26.1 Å². The van der Waals surface area contributed by atoms with Crippen molar-refractivity contribution in [3.8, 4) is 0 Å². The molecule has 40 heavy (non-hydrogen) atoms. The smallest absolute Gasteiger partial charge is 0.287 e. The lowest BCUT2D eigenvalue weighted by molar-refractivity contribution is -0.113. The molecule has 1 aliphatic carbocycles. The molecule has 0 spiro atoms. The van der Waals surface area contributed by atoms with E-state index in [9.17, 15) is 14.4 Å². The molecule has 3 amide bonds. The van der Waals surface area contributed by atoms with Gasteiger partial charge in [-0.3, -0.25) is 14.4 Å². The summed E-state index contributed by atoms with van der Waals surface area (Å²) in [6.45, 7) is 3.12. The second-order valence-electron chi connectivity index (χ2n) is 9.22. The number of benzene rings is 1. The van der Waals surface area contributed by atoms with E-state index in [-0.39, 0.29) is 35.8 Å². The second kappa shape index (κ2) is 13.0. The number of rotatable bonds is 11. The molecule has 208 valence electrons. The highest BCUT2D eigenvalue weighted by Gasteiger charge is 2.26. The number of fused-ring (bicyclic) bond motifs is 1. The summed E-state index contributed by atoms with van der Waals surface area (Å²) in [6, 6.07) is 13.0. The largest absolute Gasteiger partial charge is 0.459 e. The lowest BCUT2D eigenvalue weighted by atomic mass is 9.95. The van der Waals surface area contributed by atoms with Crippen molar-refractivity contribution < 1.29 is 18.8 Å². The number of carbonyl (C=O) groups excluding carboxylic acids is 3. The minimum atomic E-state index is -0.341. The van der Waals surface area contributed by atoms with Gasteiger partial charge in [0.25, 0.3) is 11.8 Å². The fourth-order valence-electron chi connectivity index (χ4n) is 4.58. The zero-order valence-corrected chi connectivity index (χ0v) is 23.7. The Hall–Kier alpha value is -3.90. The molecule has 1 aromatic carbocycles. The number of hydrogen-bond acceptors (Lipinski definition) is 8. The van der Waals surface area contributed by atoms with Gasteiger partial charge in [0.2, 0.25) is 5.91 Å². The van der Waals surface area contributed by atoms with E-state index in [0.717, 1.165) is 36.8 Å². The highest BCUT2D eigenvalue weighted by molar-refractivity contribution is 7.99. The predicted molar refractivity (Wildman–Crippen MR) is 154 cm³/mol. The zero-order valence-electron chi connectivity index (χ0n) is 22.1. The van der Waals surface area contributed by atoms with Crippen molar-refractivity contribution in [2.75, 3.05) is 11.1 Å². The standard InChI is InChI=1S/C28H30N6O4S2/c1-2-34-22(16-30-25(36)20-12-8-14-38-20)32-33-28(34)39-17-23(35)31-27-24(19-11-6-7-13-21(19)40-27)26(37)29-15-18-9-4-3-5-10-18/h3-5,8-10,12,14H,2,6-7,11,13,15-17H2,1H3,(H,29,37)(H,30,36)(H,31,35). The maximum absolute atomic E-state index is 13.3. The predicted octanol–water partition coefficient (Wildman–Crippen LogP) is 4.42. The highest BCUT2D eigenvalue weighted by atomic mass is 32.2. The van der Waals surface area contributed by atoms with Crippen LogP contribution >= 0.6 is 23.1 Å². The van der Waals surface area contributed by atoms with Crippen LogP contribution in [0.1, 0.15) is 62.5 Å². The summed E-state index contributed by atoms with van der Waals surface area (Å²) < 4.78 is 6.97. The number of nitrogens with zero attached hydrogens (tertiary/aromatic N) is 3. The molecule has 12 heteroatoms. The van der Waals surface area contributed by atoms with Gasteiger partial charge < -0.3 is 24.9 Å². The summed E-state index contributed by atoms with van der Waals surface area (Å²) in [5.74, 6) is 0.166. The molecule has 0 atom stereocenters. The van der Waals surface area contributed by atoms with Crippen LogP contribution in [-0.2, 0) is 37.3 Å². The summed E-state index contributed by atoms with van der Waals surface area (Å²) in [4.78, 5) is 39.7. The molecule has 0 aliphatic heterocycles. The summed E-state index contributed by atoms with van der Waals surface area (Å²) in [5.41, 5.74) is 2.65. The van der Waals surface area contributed by atoms with Gasteiger partial charge in [0.05, 0.1) is 24.1 Å². The third kappa shape index (κ3) is 6.45. The molecule has 0 unspecified atom stereocenters. The maximum Gasteiger partial charge on any atom is 0.287 e. The van der Waals surface area contributed by atoms with Crippen LogP contribution in [0.3, 0.4) is 0 Å². The van der Waals surface area contributed by atoms with E-state index in [4.69, 9.17) is 4.42 Å². The first-order valence-electron chi connectivity index (χ1n) is 13.2. The van der Waals surface area contributed by atoms with Gasteiger partial charge in [-0.2, -0.15) is 0 Å². The average molecular weight is 579 g/mol. The fraction of sp³-hybridized carbons (Fsp3) is 0.321. The van der Waals surface area contributed by atoms with E-state index in [1.165, 1.54) is 34.2 Å². The number of aryl methyl sites for hydroxylation is 1. The van der Waals surface area contributed by atoms with E-state index in [0.29, 0.717) is 34.6 Å². The number of nitrogens with one attached hydrogen (secondary N) is 3. The van der Waals surface area contributed by atoms with Crippen LogP contribution < -0.4 is 16.0 Å². The number of aromatic nitrogens is 3. The first-order chi connectivity index (χ1) is 19.5. The highest BCUT2D eigenvalue weighted by Crippen LogP contribution is 2.38. The summed E-state index contributed by atoms with van der Waals surface area (Å²) in [7, 11) is 0. The molecule has 5 rings (SSSR count). The van der Waals surface area contributed by atoms with Gasteiger partial charge in [-0.25, -0.2) is 0 Å². The molecule has 0 bridgehead atoms. The molecule has 4 aromatic rings. The Labute approximate surface area is 239 Å². The molecule has 3 aromatic heterocycles. The van der Waals surface area contributed by atoms with Gasteiger partial charge >= 0.3 is 0 Å². The summed E-state index contributed by atoms with van der Waals surface area (Å²) in [6.07, 6.45) is 5.31. The van der Waals surface area contributed by atoms with E-state index in [1.807, 2.05) is 41.8 Å². The lowest BCUT2D eigenvalue weighted by Crippen LogP contribution is -2.25. The fourth-order valence-corrected chi connectivity index (χ4v) is 6.71.